The molecule has 0 saturated heterocycles. The number of thioether (sulfide) groups is 1. The molecule has 1 rings (SSSR count). The van der Waals surface area contributed by atoms with Gasteiger partial charge in [0.05, 0.1) is 0 Å². The second kappa shape index (κ2) is 11.3. The van der Waals surface area contributed by atoms with Crippen molar-refractivity contribution in [1.29, 1.82) is 0 Å². The highest BCUT2D eigenvalue weighted by molar-refractivity contribution is 7.98. The molecular formula is C19H27N3O5S. The molecule has 0 aromatic heterocycles. The summed E-state index contributed by atoms with van der Waals surface area (Å²) in [6.07, 6.45) is 1.01. The van der Waals surface area contributed by atoms with E-state index in [2.05, 4.69) is 5.32 Å². The number of nitrogens with one attached hydrogen (secondary N) is 2. The third kappa shape index (κ3) is 7.59. The molecule has 1 aromatic carbocycles. The molecule has 0 radical (unpaired) electrons. The molecule has 9 heteroatoms. The fourth-order valence-corrected chi connectivity index (χ4v) is 2.88. The Morgan fingerprint density at radius 1 is 1.21 bits per heavy atom. The van der Waals surface area contributed by atoms with E-state index in [1.807, 2.05) is 24.6 Å². The number of hydrogen-bond acceptors (Lipinski definition) is 6. The fraction of sp³-hybridized carbons (Fsp3) is 0.474. The minimum absolute atomic E-state index is 0.333. The predicted molar refractivity (Wildman–Crippen MR) is 108 cm³/mol. The molecule has 0 heterocycles. The lowest BCUT2D eigenvalue weighted by molar-refractivity contribution is -0.160. The number of primary amides is 1. The summed E-state index contributed by atoms with van der Waals surface area (Å²) < 4.78 is 5.31. The van der Waals surface area contributed by atoms with Crippen molar-refractivity contribution >= 4 is 35.6 Å². The number of benzene rings is 1. The molecule has 1 aromatic rings. The van der Waals surface area contributed by atoms with Crippen LogP contribution in [0.5, 0.6) is 0 Å². The van der Waals surface area contributed by atoms with Crippen molar-refractivity contribution in [3.63, 3.8) is 0 Å². The molecule has 154 valence electrons. The second-order valence-corrected chi connectivity index (χ2v) is 7.62. The zero-order valence-corrected chi connectivity index (χ0v) is 17.3. The number of carbonyl (C=O) groups is 4. The average Bonchev–Trinajstić information content (AvgIpc) is 2.61. The Hall–Kier alpha value is -2.55. The van der Waals surface area contributed by atoms with Crippen LogP contribution in [0.15, 0.2) is 24.3 Å². The maximum Gasteiger partial charge on any atom is 0.329 e. The van der Waals surface area contributed by atoms with Crippen molar-refractivity contribution in [2.75, 3.05) is 12.0 Å². The number of rotatable bonds is 9. The van der Waals surface area contributed by atoms with Crippen LogP contribution >= 0.6 is 11.8 Å². The first-order valence-electron chi connectivity index (χ1n) is 8.83. The molecule has 0 unspecified atom stereocenters. The topological polar surface area (TPSA) is 128 Å². The zero-order chi connectivity index (χ0) is 21.3. The normalized spacial score (nSPS) is 12.8. The first-order chi connectivity index (χ1) is 13.1. The zero-order valence-electron chi connectivity index (χ0n) is 16.5. The smallest absolute Gasteiger partial charge is 0.329 e. The van der Waals surface area contributed by atoms with Crippen molar-refractivity contribution < 1.29 is 23.9 Å². The highest BCUT2D eigenvalue weighted by Crippen LogP contribution is 2.12. The predicted octanol–water partition coefficient (Wildman–Crippen LogP) is 1.61. The van der Waals surface area contributed by atoms with Crippen LogP contribution in [0.2, 0.25) is 0 Å². The SMILES string of the molecule is CSCC[C@H](NC(=O)c1cccc(C)c1)C(=O)O[C@H](C(=O)NC(N)=O)C(C)C. The molecule has 0 spiro atoms. The van der Waals surface area contributed by atoms with Gasteiger partial charge in [0.25, 0.3) is 11.8 Å². The van der Waals surface area contributed by atoms with Gasteiger partial charge in [0.1, 0.15) is 6.04 Å². The summed E-state index contributed by atoms with van der Waals surface area (Å²) in [7, 11) is 0. The molecule has 0 saturated carbocycles. The summed E-state index contributed by atoms with van der Waals surface area (Å²) in [5.41, 5.74) is 6.30. The molecule has 0 aliphatic carbocycles. The van der Waals surface area contributed by atoms with Crippen LogP contribution in [0.1, 0.15) is 36.2 Å². The fourth-order valence-electron chi connectivity index (χ4n) is 2.40. The Kier molecular flexibility index (Phi) is 9.50. The maximum atomic E-state index is 12.6. The lowest BCUT2D eigenvalue weighted by Crippen LogP contribution is -2.49. The van der Waals surface area contributed by atoms with E-state index < -0.39 is 41.9 Å². The van der Waals surface area contributed by atoms with Crippen LogP contribution in [-0.2, 0) is 14.3 Å². The van der Waals surface area contributed by atoms with Gasteiger partial charge in [-0.1, -0.05) is 31.5 Å². The lowest BCUT2D eigenvalue weighted by atomic mass is 10.1. The largest absolute Gasteiger partial charge is 0.450 e. The van der Waals surface area contributed by atoms with Gasteiger partial charge in [-0.25, -0.2) is 9.59 Å². The van der Waals surface area contributed by atoms with Crippen LogP contribution in [-0.4, -0.2) is 48.0 Å². The van der Waals surface area contributed by atoms with Gasteiger partial charge in [0.2, 0.25) is 0 Å². The van der Waals surface area contributed by atoms with Gasteiger partial charge < -0.3 is 15.8 Å². The van der Waals surface area contributed by atoms with Crippen molar-refractivity contribution in [3.05, 3.63) is 35.4 Å². The minimum Gasteiger partial charge on any atom is -0.450 e. The number of esters is 1. The highest BCUT2D eigenvalue weighted by atomic mass is 32.2. The van der Waals surface area contributed by atoms with E-state index in [-0.39, 0.29) is 0 Å². The quantitative estimate of drug-likeness (QED) is 0.532. The first kappa shape index (κ1) is 23.5. The third-order valence-corrected chi connectivity index (χ3v) is 4.48. The first-order valence-corrected chi connectivity index (χ1v) is 10.2. The van der Waals surface area contributed by atoms with E-state index in [0.29, 0.717) is 17.7 Å². The summed E-state index contributed by atoms with van der Waals surface area (Å²) in [6.45, 7) is 5.20. The molecule has 0 bridgehead atoms. The minimum atomic E-state index is -1.20. The van der Waals surface area contributed by atoms with Crippen LogP contribution in [0.25, 0.3) is 0 Å². The van der Waals surface area contributed by atoms with E-state index in [4.69, 9.17) is 10.5 Å². The third-order valence-electron chi connectivity index (χ3n) is 3.83. The number of aryl methyl sites for hydroxylation is 1. The number of hydrogen-bond donors (Lipinski definition) is 3. The number of urea groups is 1. The number of carbonyl (C=O) groups excluding carboxylic acids is 4. The van der Waals surface area contributed by atoms with E-state index in [0.717, 1.165) is 5.56 Å². The second-order valence-electron chi connectivity index (χ2n) is 6.63. The van der Waals surface area contributed by atoms with Gasteiger partial charge in [0, 0.05) is 5.56 Å². The van der Waals surface area contributed by atoms with Gasteiger partial charge in [-0.05, 0) is 43.4 Å². The number of imide groups is 1. The maximum absolute atomic E-state index is 12.6. The molecule has 2 atom stereocenters. The van der Waals surface area contributed by atoms with Crippen molar-refractivity contribution in [1.82, 2.24) is 10.6 Å². The van der Waals surface area contributed by atoms with Gasteiger partial charge in [-0.2, -0.15) is 11.8 Å². The molecule has 8 nitrogen and oxygen atoms in total. The van der Waals surface area contributed by atoms with Crippen LogP contribution in [0.4, 0.5) is 4.79 Å². The molecule has 28 heavy (non-hydrogen) atoms. The molecule has 0 aliphatic heterocycles. The average molecular weight is 410 g/mol. The molecule has 4 amide bonds. The van der Waals surface area contributed by atoms with Gasteiger partial charge in [0.15, 0.2) is 6.10 Å². The Labute approximate surface area is 168 Å². The van der Waals surface area contributed by atoms with Crippen molar-refractivity contribution in [2.45, 2.75) is 39.3 Å². The summed E-state index contributed by atoms with van der Waals surface area (Å²) in [5.74, 6) is -1.74. The Balaban J connectivity index is 2.91. The van der Waals surface area contributed by atoms with Crippen LogP contribution in [0, 0.1) is 12.8 Å². The van der Waals surface area contributed by atoms with Crippen LogP contribution in [0.3, 0.4) is 0 Å². The molecular weight excluding hydrogens is 382 g/mol. The number of nitrogens with two attached hydrogens (primary N) is 1. The summed E-state index contributed by atoms with van der Waals surface area (Å²) in [6, 6.07) is 5.02. The Morgan fingerprint density at radius 2 is 1.89 bits per heavy atom. The lowest BCUT2D eigenvalue weighted by Gasteiger charge is -2.24. The van der Waals surface area contributed by atoms with Crippen molar-refractivity contribution in [3.8, 4) is 0 Å². The van der Waals surface area contributed by atoms with Gasteiger partial charge in [-0.3, -0.25) is 14.9 Å². The Morgan fingerprint density at radius 3 is 2.43 bits per heavy atom. The van der Waals surface area contributed by atoms with Crippen molar-refractivity contribution in [2.24, 2.45) is 11.7 Å². The summed E-state index contributed by atoms with van der Waals surface area (Å²) >= 11 is 1.51. The Bertz CT molecular complexity index is 723. The van der Waals surface area contributed by atoms with Crippen LogP contribution < -0.4 is 16.4 Å². The highest BCUT2D eigenvalue weighted by Gasteiger charge is 2.31. The molecule has 4 N–H and O–H groups in total. The molecule has 0 aliphatic rings. The summed E-state index contributed by atoms with van der Waals surface area (Å²) in [4.78, 5) is 48.1. The monoisotopic (exact) mass is 409 g/mol. The molecule has 0 fully saturated rings. The van der Waals surface area contributed by atoms with E-state index in [9.17, 15) is 19.2 Å². The summed E-state index contributed by atoms with van der Waals surface area (Å²) in [5, 5.41) is 4.58. The van der Waals surface area contributed by atoms with E-state index in [1.54, 1.807) is 32.0 Å². The van der Waals surface area contributed by atoms with Gasteiger partial charge in [-0.15, -0.1) is 0 Å². The van der Waals surface area contributed by atoms with E-state index >= 15 is 0 Å². The van der Waals surface area contributed by atoms with Gasteiger partial charge >= 0.3 is 12.0 Å². The number of ether oxygens (including phenoxy) is 1. The van der Waals surface area contributed by atoms with E-state index in [1.165, 1.54) is 11.8 Å². The standard InChI is InChI=1S/C19H27N3O5S/c1-11(2)15(17(24)22-19(20)26)27-18(25)14(8-9-28-4)21-16(23)13-7-5-6-12(3)10-13/h5-7,10-11,14-15H,8-9H2,1-4H3,(H,21,23)(H3,20,22,24,26)/t14-,15-/m0/s1. The number of amides is 4.